The Balaban J connectivity index is 1.85. The fraction of sp³-hybridized carbons (Fsp3) is 0.235. The Labute approximate surface area is 156 Å². The van der Waals surface area contributed by atoms with Crippen molar-refractivity contribution in [3.05, 3.63) is 48.0 Å². The molecule has 0 unspecified atom stereocenters. The first-order valence-electron chi connectivity index (χ1n) is 7.69. The molecule has 0 spiro atoms. The first-order valence-corrected chi connectivity index (χ1v) is 10.2. The van der Waals surface area contributed by atoms with Crippen LogP contribution in [0.25, 0.3) is 0 Å². The predicted octanol–water partition coefficient (Wildman–Crippen LogP) is 2.37. The molecule has 26 heavy (non-hydrogen) atoms. The summed E-state index contributed by atoms with van der Waals surface area (Å²) < 4.78 is 38.2. The smallest absolute Gasteiger partial charge is 0.262 e. The molecule has 7 nitrogen and oxygen atoms in total. The molecule has 1 aliphatic rings. The van der Waals surface area contributed by atoms with Gasteiger partial charge in [0.2, 0.25) is 5.91 Å². The van der Waals surface area contributed by atoms with E-state index in [1.54, 1.807) is 18.2 Å². The number of thioether (sulfide) groups is 1. The molecule has 0 aromatic heterocycles. The van der Waals surface area contributed by atoms with E-state index in [1.807, 2.05) is 6.07 Å². The number of rotatable bonds is 6. The highest BCUT2D eigenvalue weighted by atomic mass is 32.2. The number of sulfonamides is 1. The maximum atomic E-state index is 12.7. The minimum Gasteiger partial charge on any atom is -0.493 e. The first-order chi connectivity index (χ1) is 12.4. The molecular weight excluding hydrogens is 376 g/mol. The highest BCUT2D eigenvalue weighted by Crippen LogP contribution is 2.33. The SMILES string of the molecule is COc1ccc(S(=O)(=O)Nc2cccc([C@H]3NC(=O)CS3)c2)cc1OC. The van der Waals surface area contributed by atoms with Crippen LogP contribution < -0.4 is 19.5 Å². The van der Waals surface area contributed by atoms with E-state index in [0.717, 1.165) is 5.56 Å². The van der Waals surface area contributed by atoms with E-state index in [0.29, 0.717) is 22.9 Å². The second-order valence-electron chi connectivity index (χ2n) is 5.51. The van der Waals surface area contributed by atoms with Crippen LogP contribution in [0.1, 0.15) is 10.9 Å². The lowest BCUT2D eigenvalue weighted by atomic mass is 10.2. The minimum atomic E-state index is -3.80. The van der Waals surface area contributed by atoms with Crippen LogP contribution in [0.4, 0.5) is 5.69 Å². The number of carbonyl (C=O) groups excluding carboxylic acids is 1. The Morgan fingerprint density at radius 1 is 1.12 bits per heavy atom. The zero-order valence-corrected chi connectivity index (χ0v) is 15.8. The van der Waals surface area contributed by atoms with Crippen LogP contribution in [0.15, 0.2) is 47.4 Å². The summed E-state index contributed by atoms with van der Waals surface area (Å²) in [5, 5.41) is 2.66. The summed E-state index contributed by atoms with van der Waals surface area (Å²) in [7, 11) is -0.877. The third-order valence-corrected chi connectivity index (χ3v) is 6.31. The number of hydrogen-bond acceptors (Lipinski definition) is 6. The largest absolute Gasteiger partial charge is 0.493 e. The van der Waals surface area contributed by atoms with Crippen molar-refractivity contribution in [2.24, 2.45) is 0 Å². The van der Waals surface area contributed by atoms with Crippen molar-refractivity contribution < 1.29 is 22.7 Å². The molecule has 1 fully saturated rings. The van der Waals surface area contributed by atoms with E-state index in [9.17, 15) is 13.2 Å². The normalized spacial score (nSPS) is 16.8. The molecule has 1 saturated heterocycles. The third kappa shape index (κ3) is 3.88. The van der Waals surface area contributed by atoms with Crippen molar-refractivity contribution in [1.29, 1.82) is 0 Å². The first kappa shape index (κ1) is 18.4. The summed E-state index contributed by atoms with van der Waals surface area (Å²) in [5.41, 5.74) is 1.24. The number of anilines is 1. The monoisotopic (exact) mass is 394 g/mol. The second-order valence-corrected chi connectivity index (χ2v) is 8.28. The van der Waals surface area contributed by atoms with E-state index >= 15 is 0 Å². The Morgan fingerprint density at radius 3 is 2.54 bits per heavy atom. The van der Waals surface area contributed by atoms with Crippen LogP contribution in [-0.4, -0.2) is 34.3 Å². The molecule has 1 aliphatic heterocycles. The quantitative estimate of drug-likeness (QED) is 0.781. The van der Waals surface area contributed by atoms with Gasteiger partial charge in [-0.25, -0.2) is 8.42 Å². The fourth-order valence-corrected chi connectivity index (χ4v) is 4.55. The minimum absolute atomic E-state index is 0.0312. The molecule has 0 radical (unpaired) electrons. The Morgan fingerprint density at radius 2 is 1.88 bits per heavy atom. The maximum absolute atomic E-state index is 12.7. The Kier molecular flexibility index (Phi) is 5.28. The predicted molar refractivity (Wildman–Crippen MR) is 100 cm³/mol. The molecule has 1 heterocycles. The lowest BCUT2D eigenvalue weighted by Gasteiger charge is -2.14. The van der Waals surface area contributed by atoms with E-state index in [-0.39, 0.29) is 16.2 Å². The summed E-state index contributed by atoms with van der Waals surface area (Å²) >= 11 is 1.47. The van der Waals surface area contributed by atoms with E-state index in [1.165, 1.54) is 44.2 Å². The lowest BCUT2D eigenvalue weighted by molar-refractivity contribution is -0.118. The standard InChI is InChI=1S/C17H18N2O5S2/c1-23-14-7-6-13(9-15(14)24-2)26(21,22)19-12-5-3-4-11(8-12)17-18-16(20)10-25-17/h3-9,17,19H,10H2,1-2H3,(H,18,20)/t17-/m0/s1. The maximum Gasteiger partial charge on any atom is 0.262 e. The van der Waals surface area contributed by atoms with Gasteiger partial charge in [0.15, 0.2) is 11.5 Å². The Hall–Kier alpha value is -2.39. The topological polar surface area (TPSA) is 93.7 Å². The molecule has 1 amide bonds. The van der Waals surface area contributed by atoms with Gasteiger partial charge in [-0.3, -0.25) is 9.52 Å². The molecule has 9 heteroatoms. The van der Waals surface area contributed by atoms with Crippen molar-refractivity contribution in [2.75, 3.05) is 24.7 Å². The zero-order chi connectivity index (χ0) is 18.7. The van der Waals surface area contributed by atoms with Crippen LogP contribution in [0.3, 0.4) is 0 Å². The average molecular weight is 394 g/mol. The fourth-order valence-electron chi connectivity index (χ4n) is 2.53. The van der Waals surface area contributed by atoms with Crippen molar-refractivity contribution in [3.8, 4) is 11.5 Å². The number of nitrogens with one attached hydrogen (secondary N) is 2. The van der Waals surface area contributed by atoms with Crippen molar-refractivity contribution in [1.82, 2.24) is 5.32 Å². The number of hydrogen-bond donors (Lipinski definition) is 2. The summed E-state index contributed by atoms with van der Waals surface area (Å²) in [6.07, 6.45) is 0. The van der Waals surface area contributed by atoms with Crippen LogP contribution in [0.2, 0.25) is 0 Å². The van der Waals surface area contributed by atoms with Gasteiger partial charge < -0.3 is 14.8 Å². The molecule has 0 saturated carbocycles. The van der Waals surface area contributed by atoms with E-state index in [4.69, 9.17) is 9.47 Å². The number of methoxy groups -OCH3 is 2. The molecule has 2 N–H and O–H groups in total. The third-order valence-electron chi connectivity index (χ3n) is 3.78. The Bertz CT molecular complexity index is 931. The molecule has 3 rings (SSSR count). The van der Waals surface area contributed by atoms with Gasteiger partial charge in [-0.1, -0.05) is 12.1 Å². The number of benzene rings is 2. The highest BCUT2D eigenvalue weighted by Gasteiger charge is 2.23. The second kappa shape index (κ2) is 7.46. The molecule has 0 bridgehead atoms. The van der Waals surface area contributed by atoms with Gasteiger partial charge >= 0.3 is 0 Å². The van der Waals surface area contributed by atoms with Gasteiger partial charge in [0.25, 0.3) is 10.0 Å². The lowest BCUT2D eigenvalue weighted by Crippen LogP contribution is -2.19. The van der Waals surface area contributed by atoms with Gasteiger partial charge in [-0.05, 0) is 29.8 Å². The number of carbonyl (C=O) groups is 1. The average Bonchev–Trinajstić information content (AvgIpc) is 3.07. The van der Waals surface area contributed by atoms with Gasteiger partial charge in [0.05, 0.1) is 24.9 Å². The van der Waals surface area contributed by atoms with Crippen LogP contribution in [0.5, 0.6) is 11.5 Å². The summed E-state index contributed by atoms with van der Waals surface area (Å²) in [5.74, 6) is 1.14. The van der Waals surface area contributed by atoms with E-state index in [2.05, 4.69) is 10.0 Å². The molecular formula is C17H18N2O5S2. The summed E-state index contributed by atoms with van der Waals surface area (Å²) in [4.78, 5) is 11.4. The van der Waals surface area contributed by atoms with Gasteiger partial charge in [0, 0.05) is 11.8 Å². The zero-order valence-electron chi connectivity index (χ0n) is 14.2. The van der Waals surface area contributed by atoms with Crippen LogP contribution >= 0.6 is 11.8 Å². The summed E-state index contributed by atoms with van der Waals surface area (Å²) in [6, 6.07) is 11.3. The van der Waals surface area contributed by atoms with Crippen LogP contribution in [-0.2, 0) is 14.8 Å². The van der Waals surface area contributed by atoms with Crippen LogP contribution in [0, 0.1) is 0 Å². The molecule has 2 aromatic rings. The van der Waals surface area contributed by atoms with Crippen molar-refractivity contribution >= 4 is 33.4 Å². The number of amides is 1. The van der Waals surface area contributed by atoms with Gasteiger partial charge in [0.1, 0.15) is 5.37 Å². The highest BCUT2D eigenvalue weighted by molar-refractivity contribution is 8.00. The van der Waals surface area contributed by atoms with Gasteiger partial charge in [-0.2, -0.15) is 0 Å². The molecule has 138 valence electrons. The van der Waals surface area contributed by atoms with Gasteiger partial charge in [-0.15, -0.1) is 11.8 Å². The molecule has 1 atom stereocenters. The number of ether oxygens (including phenoxy) is 2. The summed E-state index contributed by atoms with van der Waals surface area (Å²) in [6.45, 7) is 0. The van der Waals surface area contributed by atoms with Crippen molar-refractivity contribution in [3.63, 3.8) is 0 Å². The van der Waals surface area contributed by atoms with E-state index < -0.39 is 10.0 Å². The van der Waals surface area contributed by atoms with Crippen molar-refractivity contribution in [2.45, 2.75) is 10.3 Å². The molecule has 0 aliphatic carbocycles. The molecule has 2 aromatic carbocycles.